The van der Waals surface area contributed by atoms with Crippen LogP contribution in [-0.4, -0.2) is 27.4 Å². The normalized spacial score (nSPS) is 10.6. The Hall–Kier alpha value is -1.82. The number of unbranched alkanes of at least 4 members (excludes halogenated alkanes) is 5. The summed E-state index contributed by atoms with van der Waals surface area (Å²) in [5.41, 5.74) is 1.15. The maximum absolute atomic E-state index is 12.0. The summed E-state index contributed by atoms with van der Waals surface area (Å²) >= 11 is 1.41. The predicted molar refractivity (Wildman–Crippen MR) is 88.8 cm³/mol. The van der Waals surface area contributed by atoms with Crippen molar-refractivity contribution < 1.29 is 4.79 Å². The lowest BCUT2D eigenvalue weighted by Gasteiger charge is -2.03. The maximum atomic E-state index is 12.0. The minimum absolute atomic E-state index is 0.111. The fourth-order valence-electron chi connectivity index (χ4n) is 2.10. The molecule has 5 nitrogen and oxygen atoms in total. The number of thiazole rings is 1. The third-order valence-corrected chi connectivity index (χ3v) is 4.20. The van der Waals surface area contributed by atoms with E-state index in [2.05, 4.69) is 27.2 Å². The van der Waals surface area contributed by atoms with Gasteiger partial charge in [0.2, 0.25) is 0 Å². The van der Waals surface area contributed by atoms with Crippen molar-refractivity contribution in [1.82, 2.24) is 20.3 Å². The summed E-state index contributed by atoms with van der Waals surface area (Å²) in [6.45, 7) is 2.92. The Bertz CT molecular complexity index is 571. The van der Waals surface area contributed by atoms with Crippen LogP contribution in [0.4, 0.5) is 0 Å². The van der Waals surface area contributed by atoms with E-state index in [1.165, 1.54) is 43.4 Å². The number of nitrogens with zero attached hydrogens (tertiary/aromatic N) is 3. The second kappa shape index (κ2) is 9.25. The van der Waals surface area contributed by atoms with Crippen molar-refractivity contribution in [2.75, 3.05) is 6.54 Å². The average molecular weight is 318 g/mol. The molecule has 1 amide bonds. The number of aromatic nitrogens is 3. The van der Waals surface area contributed by atoms with Gasteiger partial charge in [0.1, 0.15) is 16.4 Å². The van der Waals surface area contributed by atoms with Crippen LogP contribution in [0.5, 0.6) is 0 Å². The van der Waals surface area contributed by atoms with Gasteiger partial charge in [-0.1, -0.05) is 39.0 Å². The summed E-state index contributed by atoms with van der Waals surface area (Å²) in [5.74, 6) is -0.111. The van der Waals surface area contributed by atoms with E-state index in [1.807, 2.05) is 0 Å². The van der Waals surface area contributed by atoms with Crippen molar-refractivity contribution in [3.63, 3.8) is 0 Å². The van der Waals surface area contributed by atoms with Crippen LogP contribution in [0, 0.1) is 0 Å². The molecule has 6 heteroatoms. The zero-order chi connectivity index (χ0) is 15.6. The van der Waals surface area contributed by atoms with Crippen molar-refractivity contribution >= 4 is 17.2 Å². The lowest BCUT2D eigenvalue weighted by molar-refractivity contribution is 0.0948. The maximum Gasteiger partial charge on any atom is 0.270 e. The second-order valence-electron chi connectivity index (χ2n) is 5.15. The molecule has 0 spiro atoms. The van der Waals surface area contributed by atoms with Crippen LogP contribution >= 0.6 is 11.3 Å². The summed E-state index contributed by atoms with van der Waals surface area (Å²) in [6, 6.07) is 0. The van der Waals surface area contributed by atoms with E-state index < -0.39 is 0 Å². The standard InChI is InChI=1S/C16H22N4OS/c1-2-3-4-5-6-7-8-19-15(21)14-12-22-16(20-14)13-11-17-9-10-18-13/h9-12H,2-8H2,1H3,(H,19,21). The molecule has 118 valence electrons. The van der Waals surface area contributed by atoms with Crippen molar-refractivity contribution in [2.45, 2.75) is 45.4 Å². The SMILES string of the molecule is CCCCCCCCNC(=O)c1csc(-c2cnccn2)n1. The molecule has 0 aliphatic heterocycles. The van der Waals surface area contributed by atoms with Gasteiger partial charge in [0.15, 0.2) is 0 Å². The summed E-state index contributed by atoms with van der Waals surface area (Å²) in [6.07, 6.45) is 12.2. The van der Waals surface area contributed by atoms with Gasteiger partial charge >= 0.3 is 0 Å². The van der Waals surface area contributed by atoms with E-state index in [0.717, 1.165) is 11.4 Å². The molecule has 22 heavy (non-hydrogen) atoms. The van der Waals surface area contributed by atoms with Crippen molar-refractivity contribution in [2.24, 2.45) is 0 Å². The Labute approximate surface area is 135 Å². The van der Waals surface area contributed by atoms with Crippen molar-refractivity contribution in [3.8, 4) is 10.7 Å². The van der Waals surface area contributed by atoms with Crippen LogP contribution in [0.3, 0.4) is 0 Å². The smallest absolute Gasteiger partial charge is 0.270 e. The van der Waals surface area contributed by atoms with E-state index in [0.29, 0.717) is 17.9 Å². The lowest BCUT2D eigenvalue weighted by Crippen LogP contribution is -2.24. The van der Waals surface area contributed by atoms with Gasteiger partial charge in [-0.3, -0.25) is 14.8 Å². The highest BCUT2D eigenvalue weighted by Gasteiger charge is 2.11. The highest BCUT2D eigenvalue weighted by molar-refractivity contribution is 7.13. The molecule has 0 atom stereocenters. The van der Waals surface area contributed by atoms with Gasteiger partial charge in [0.25, 0.3) is 5.91 Å². The highest BCUT2D eigenvalue weighted by Crippen LogP contribution is 2.20. The zero-order valence-corrected chi connectivity index (χ0v) is 13.7. The summed E-state index contributed by atoms with van der Waals surface area (Å²) in [7, 11) is 0. The molecule has 0 saturated carbocycles. The monoisotopic (exact) mass is 318 g/mol. The molecule has 0 unspecified atom stereocenters. The van der Waals surface area contributed by atoms with Crippen LogP contribution in [0.1, 0.15) is 55.9 Å². The van der Waals surface area contributed by atoms with Gasteiger partial charge in [0.05, 0.1) is 6.20 Å². The van der Waals surface area contributed by atoms with Crippen LogP contribution in [0.25, 0.3) is 10.7 Å². The Kier molecular flexibility index (Phi) is 6.96. The fraction of sp³-hybridized carbons (Fsp3) is 0.500. The topological polar surface area (TPSA) is 67.8 Å². The molecule has 2 aromatic heterocycles. The summed E-state index contributed by atoms with van der Waals surface area (Å²) < 4.78 is 0. The van der Waals surface area contributed by atoms with Crippen molar-refractivity contribution in [3.05, 3.63) is 29.7 Å². The first-order valence-electron chi connectivity index (χ1n) is 7.81. The van der Waals surface area contributed by atoms with Gasteiger partial charge < -0.3 is 5.32 Å². The molecule has 2 rings (SSSR count). The molecule has 1 N–H and O–H groups in total. The Balaban J connectivity index is 1.73. The second-order valence-corrected chi connectivity index (χ2v) is 6.01. The van der Waals surface area contributed by atoms with Crippen LogP contribution < -0.4 is 5.32 Å². The van der Waals surface area contributed by atoms with E-state index in [1.54, 1.807) is 24.0 Å². The molecule has 0 bridgehead atoms. The Morgan fingerprint density at radius 3 is 2.77 bits per heavy atom. The van der Waals surface area contributed by atoms with E-state index in [4.69, 9.17) is 0 Å². The first-order chi connectivity index (χ1) is 10.8. The molecule has 0 radical (unpaired) electrons. The first kappa shape index (κ1) is 16.5. The minimum atomic E-state index is -0.111. The van der Waals surface area contributed by atoms with Crippen LogP contribution in [-0.2, 0) is 0 Å². The van der Waals surface area contributed by atoms with Gasteiger partial charge in [-0.15, -0.1) is 11.3 Å². The molecular weight excluding hydrogens is 296 g/mol. The number of hydrogen-bond donors (Lipinski definition) is 1. The van der Waals surface area contributed by atoms with Gasteiger partial charge in [0, 0.05) is 24.3 Å². The molecule has 0 aliphatic rings. The minimum Gasteiger partial charge on any atom is -0.351 e. The quantitative estimate of drug-likeness (QED) is 0.716. The average Bonchev–Trinajstić information content (AvgIpc) is 3.05. The zero-order valence-electron chi connectivity index (χ0n) is 12.9. The highest BCUT2D eigenvalue weighted by atomic mass is 32.1. The van der Waals surface area contributed by atoms with E-state index in [9.17, 15) is 4.79 Å². The molecular formula is C16H22N4OS. The Morgan fingerprint density at radius 2 is 2.00 bits per heavy atom. The third-order valence-electron chi connectivity index (χ3n) is 3.34. The predicted octanol–water partition coefficient (Wildman–Crippen LogP) is 3.69. The largest absolute Gasteiger partial charge is 0.351 e. The van der Waals surface area contributed by atoms with Crippen LogP contribution in [0.15, 0.2) is 24.0 Å². The fourth-order valence-corrected chi connectivity index (χ4v) is 2.86. The number of rotatable bonds is 9. The van der Waals surface area contributed by atoms with Crippen molar-refractivity contribution in [1.29, 1.82) is 0 Å². The number of amides is 1. The summed E-state index contributed by atoms with van der Waals surface area (Å²) in [5, 5.41) is 5.41. The first-order valence-corrected chi connectivity index (χ1v) is 8.69. The molecule has 0 aromatic carbocycles. The van der Waals surface area contributed by atoms with Crippen LogP contribution in [0.2, 0.25) is 0 Å². The van der Waals surface area contributed by atoms with Gasteiger partial charge in [-0.05, 0) is 6.42 Å². The third kappa shape index (κ3) is 5.18. The molecule has 2 aromatic rings. The number of carbonyl (C=O) groups excluding carboxylic acids is 1. The van der Waals surface area contributed by atoms with Gasteiger partial charge in [-0.2, -0.15) is 0 Å². The number of hydrogen-bond acceptors (Lipinski definition) is 5. The summed E-state index contributed by atoms with van der Waals surface area (Å²) in [4.78, 5) is 24.5. The number of nitrogens with one attached hydrogen (secondary N) is 1. The van der Waals surface area contributed by atoms with Gasteiger partial charge in [-0.25, -0.2) is 4.98 Å². The number of carbonyl (C=O) groups is 1. The molecule has 2 heterocycles. The molecule has 0 fully saturated rings. The molecule has 0 saturated heterocycles. The van der Waals surface area contributed by atoms with E-state index in [-0.39, 0.29) is 5.91 Å². The molecule has 0 aliphatic carbocycles. The lowest BCUT2D eigenvalue weighted by atomic mass is 10.1. The van der Waals surface area contributed by atoms with E-state index >= 15 is 0 Å². The Morgan fingerprint density at radius 1 is 1.18 bits per heavy atom.